The summed E-state index contributed by atoms with van der Waals surface area (Å²) in [5, 5.41) is 23.2. The fourth-order valence-corrected chi connectivity index (χ4v) is 6.72. The molecule has 2 bridgehead atoms. The van der Waals surface area contributed by atoms with E-state index in [1.54, 1.807) is 6.20 Å². The minimum absolute atomic E-state index is 0.0235. The van der Waals surface area contributed by atoms with E-state index in [1.807, 2.05) is 0 Å². The normalized spacial score (nSPS) is 33.5. The zero-order chi connectivity index (χ0) is 25.8. The Morgan fingerprint density at radius 3 is 2.62 bits per heavy atom. The third-order valence-electron chi connectivity index (χ3n) is 8.30. The van der Waals surface area contributed by atoms with Gasteiger partial charge in [0, 0.05) is 18.8 Å². The quantitative estimate of drug-likeness (QED) is 0.458. The summed E-state index contributed by atoms with van der Waals surface area (Å²) in [4.78, 5) is 46.2. The van der Waals surface area contributed by atoms with E-state index in [2.05, 4.69) is 30.3 Å². The van der Waals surface area contributed by atoms with Crippen LogP contribution in [0.3, 0.4) is 0 Å². The number of rotatable bonds is 5. The second-order valence-electron chi connectivity index (χ2n) is 10.3. The first-order valence-corrected chi connectivity index (χ1v) is 13.0. The van der Waals surface area contributed by atoms with Crippen LogP contribution in [0, 0.1) is 17.8 Å². The van der Waals surface area contributed by atoms with Crippen molar-refractivity contribution < 1.29 is 24.2 Å². The van der Waals surface area contributed by atoms with E-state index in [4.69, 9.17) is 11.6 Å². The lowest BCUT2D eigenvalue weighted by Crippen LogP contribution is -2.61. The number of aromatic nitrogens is 3. The van der Waals surface area contributed by atoms with Crippen LogP contribution in [-0.4, -0.2) is 84.6 Å². The molecule has 2 aromatic heterocycles. The van der Waals surface area contributed by atoms with E-state index in [-0.39, 0.29) is 28.7 Å². The lowest BCUT2D eigenvalue weighted by Gasteiger charge is -2.48. The van der Waals surface area contributed by atoms with Gasteiger partial charge in [0.2, 0.25) is 0 Å². The highest BCUT2D eigenvalue weighted by molar-refractivity contribution is 6.29. The molecular formula is C24H27ClFN7O4. The number of aliphatic imine (C=N–C) groups is 2. The number of nitrogens with one attached hydrogen (secondary N) is 2. The van der Waals surface area contributed by atoms with Crippen molar-refractivity contribution in [2.75, 3.05) is 6.54 Å². The van der Waals surface area contributed by atoms with Gasteiger partial charge in [-0.25, -0.2) is 29.1 Å². The summed E-state index contributed by atoms with van der Waals surface area (Å²) in [6, 6.07) is -1.34. The lowest BCUT2D eigenvalue weighted by molar-refractivity contribution is -0.150. The highest BCUT2D eigenvalue weighted by Crippen LogP contribution is 2.45. The first-order chi connectivity index (χ1) is 17.8. The van der Waals surface area contributed by atoms with Gasteiger partial charge in [-0.2, -0.15) is 0 Å². The zero-order valence-electron chi connectivity index (χ0n) is 19.8. The minimum Gasteiger partial charge on any atom is -0.481 e. The standard InChI is InChI=1S/C24H27ClFN7O4/c25-14-9-28-21-18(29-14)12(8-27-21)19-31-20(16(26)22(32-19)33-7-1-2-13(33)23(34)35)30-17-11-5-3-10(4-6-11)15(17)24(36)37/h8-11,13,15-17,20,30H,1-7H2,(H,27,28)(H,34,35)(H,36,37)/t10?,11?,13-,15-,16?,17?,20?/m0/s1. The van der Waals surface area contributed by atoms with Gasteiger partial charge in [-0.3, -0.25) is 10.1 Å². The maximum absolute atomic E-state index is 16.2. The topological polar surface area (TPSA) is 156 Å². The zero-order valence-corrected chi connectivity index (χ0v) is 20.6. The Bertz CT molecular complexity index is 1310. The number of H-pyrrole nitrogens is 1. The largest absolute Gasteiger partial charge is 0.481 e. The Balaban J connectivity index is 1.41. The number of hydrogen-bond donors (Lipinski definition) is 4. The number of fused-ring (bicyclic) bond motifs is 4. The van der Waals surface area contributed by atoms with Crippen molar-refractivity contribution in [3.8, 4) is 0 Å². The molecular weight excluding hydrogens is 505 g/mol. The second kappa shape index (κ2) is 9.32. The molecule has 4 N–H and O–H groups in total. The average Bonchev–Trinajstić information content (AvgIpc) is 3.53. The van der Waals surface area contributed by atoms with Gasteiger partial charge in [0.1, 0.15) is 28.7 Å². The molecule has 1 saturated heterocycles. The molecule has 11 nitrogen and oxygen atoms in total. The van der Waals surface area contributed by atoms with Crippen molar-refractivity contribution >= 4 is 46.4 Å². The summed E-state index contributed by atoms with van der Waals surface area (Å²) >= 11 is 6.07. The summed E-state index contributed by atoms with van der Waals surface area (Å²) in [6.45, 7) is 0.349. The van der Waals surface area contributed by atoms with Crippen molar-refractivity contribution in [1.29, 1.82) is 0 Å². The van der Waals surface area contributed by atoms with E-state index >= 15 is 4.39 Å². The summed E-state index contributed by atoms with van der Waals surface area (Å²) in [7, 11) is 0. The fraction of sp³-hybridized carbons (Fsp3) is 0.583. The number of likely N-dealkylation sites (tertiary alicyclic amines) is 1. The molecule has 196 valence electrons. The van der Waals surface area contributed by atoms with Gasteiger partial charge in [-0.15, -0.1) is 0 Å². The molecule has 4 fully saturated rings. The van der Waals surface area contributed by atoms with E-state index in [0.717, 1.165) is 25.7 Å². The average molecular weight is 532 g/mol. The molecule has 4 heterocycles. The number of amidine groups is 2. The van der Waals surface area contributed by atoms with Crippen LogP contribution in [-0.2, 0) is 9.59 Å². The first-order valence-electron chi connectivity index (χ1n) is 12.6. The van der Waals surface area contributed by atoms with Gasteiger partial charge >= 0.3 is 11.9 Å². The predicted molar refractivity (Wildman–Crippen MR) is 132 cm³/mol. The Labute approximate surface area is 216 Å². The third-order valence-corrected chi connectivity index (χ3v) is 8.48. The molecule has 13 heteroatoms. The molecule has 2 aromatic rings. The monoisotopic (exact) mass is 531 g/mol. The van der Waals surface area contributed by atoms with Crippen LogP contribution in [0.15, 0.2) is 22.4 Å². The molecule has 5 atom stereocenters. The lowest BCUT2D eigenvalue weighted by atomic mass is 9.61. The van der Waals surface area contributed by atoms with Crippen molar-refractivity contribution in [3.63, 3.8) is 0 Å². The molecule has 5 aliphatic rings. The van der Waals surface area contributed by atoms with Crippen molar-refractivity contribution in [1.82, 2.24) is 25.2 Å². The van der Waals surface area contributed by atoms with Crippen molar-refractivity contribution in [3.05, 3.63) is 23.1 Å². The van der Waals surface area contributed by atoms with Crippen LogP contribution in [0.25, 0.3) is 11.2 Å². The summed E-state index contributed by atoms with van der Waals surface area (Å²) in [5.41, 5.74) is 1.31. The predicted octanol–water partition coefficient (Wildman–Crippen LogP) is 2.46. The fourth-order valence-electron chi connectivity index (χ4n) is 6.59. The molecule has 3 aliphatic carbocycles. The smallest absolute Gasteiger partial charge is 0.326 e. The van der Waals surface area contributed by atoms with Gasteiger partial charge < -0.3 is 20.1 Å². The van der Waals surface area contributed by atoms with Gasteiger partial charge in [0.25, 0.3) is 0 Å². The van der Waals surface area contributed by atoms with Crippen LogP contribution < -0.4 is 5.32 Å². The summed E-state index contributed by atoms with van der Waals surface area (Å²) in [6.07, 6.45) is 4.57. The number of aliphatic carboxylic acids is 2. The highest BCUT2D eigenvalue weighted by atomic mass is 35.5. The summed E-state index contributed by atoms with van der Waals surface area (Å²) in [5.74, 6) is -2.27. The molecule has 0 radical (unpaired) electrons. The van der Waals surface area contributed by atoms with Crippen LogP contribution in [0.5, 0.6) is 0 Å². The third kappa shape index (κ3) is 4.15. The minimum atomic E-state index is -1.75. The summed E-state index contributed by atoms with van der Waals surface area (Å²) < 4.78 is 16.2. The number of hydrogen-bond acceptors (Lipinski definition) is 8. The highest BCUT2D eigenvalue weighted by Gasteiger charge is 2.50. The number of aromatic amines is 1. The van der Waals surface area contributed by atoms with Gasteiger partial charge in [0.15, 0.2) is 17.7 Å². The molecule has 3 unspecified atom stereocenters. The number of halogens is 2. The van der Waals surface area contributed by atoms with Gasteiger partial charge in [-0.1, -0.05) is 11.6 Å². The van der Waals surface area contributed by atoms with Crippen molar-refractivity contribution in [2.45, 2.75) is 62.9 Å². The molecule has 37 heavy (non-hydrogen) atoms. The Hall–Kier alpha value is -3.12. The van der Waals surface area contributed by atoms with E-state index in [9.17, 15) is 19.8 Å². The Kier molecular flexibility index (Phi) is 6.10. The van der Waals surface area contributed by atoms with Gasteiger partial charge in [-0.05, 0) is 50.4 Å². The molecule has 0 spiro atoms. The van der Waals surface area contributed by atoms with E-state index in [0.29, 0.717) is 36.1 Å². The number of carboxylic acid groups (broad SMARTS) is 2. The molecule has 7 rings (SSSR count). The van der Waals surface area contributed by atoms with Gasteiger partial charge in [0.05, 0.1) is 17.7 Å². The number of carbonyl (C=O) groups is 2. The SMILES string of the molecule is O=C(O)[C@H]1C2CCC(CC2)C1NC1N=C(c2c[nH]c3ncc(Cl)nc23)N=C(N2CCC[C@H]2C(=O)O)C1F. The Morgan fingerprint density at radius 1 is 1.14 bits per heavy atom. The van der Waals surface area contributed by atoms with Crippen LogP contribution in [0.4, 0.5) is 4.39 Å². The van der Waals surface area contributed by atoms with Crippen LogP contribution in [0.2, 0.25) is 5.15 Å². The number of nitrogens with zero attached hydrogens (tertiary/aromatic N) is 5. The number of alkyl halides is 1. The molecule has 0 amide bonds. The van der Waals surface area contributed by atoms with Crippen LogP contribution in [0.1, 0.15) is 44.1 Å². The Morgan fingerprint density at radius 2 is 1.89 bits per heavy atom. The maximum Gasteiger partial charge on any atom is 0.326 e. The maximum atomic E-state index is 16.2. The van der Waals surface area contributed by atoms with Crippen LogP contribution >= 0.6 is 11.6 Å². The second-order valence-corrected chi connectivity index (χ2v) is 10.7. The van der Waals surface area contributed by atoms with E-state index in [1.165, 1.54) is 11.1 Å². The van der Waals surface area contributed by atoms with E-state index < -0.39 is 42.3 Å². The molecule has 0 aromatic carbocycles. The number of carboxylic acids is 2. The molecule has 3 saturated carbocycles. The molecule has 2 aliphatic heterocycles. The van der Waals surface area contributed by atoms with Crippen molar-refractivity contribution in [2.24, 2.45) is 27.7 Å². The first kappa shape index (κ1) is 24.2.